The third-order valence-electron chi connectivity index (χ3n) is 3.94. The van der Waals surface area contributed by atoms with Crippen LogP contribution < -0.4 is 10.6 Å². The first-order valence-electron chi connectivity index (χ1n) is 7.15. The molecule has 1 aliphatic carbocycles. The zero-order chi connectivity index (χ0) is 15.6. The Morgan fingerprint density at radius 3 is 2.71 bits per heavy atom. The third kappa shape index (κ3) is 3.49. The van der Waals surface area contributed by atoms with Gasteiger partial charge in [0.2, 0.25) is 0 Å². The molecule has 1 unspecified atom stereocenters. The van der Waals surface area contributed by atoms with E-state index in [0.717, 1.165) is 0 Å². The van der Waals surface area contributed by atoms with Gasteiger partial charge in [0.1, 0.15) is 9.90 Å². The molecule has 2 rings (SSSR count). The largest absolute Gasteiger partial charge is 0.383 e. The van der Waals surface area contributed by atoms with Crippen molar-refractivity contribution in [1.82, 2.24) is 4.37 Å². The number of sulfone groups is 1. The van der Waals surface area contributed by atoms with E-state index in [4.69, 9.17) is 10.5 Å². The molecule has 1 aromatic heterocycles. The normalized spacial score (nSPS) is 16.9. The summed E-state index contributed by atoms with van der Waals surface area (Å²) in [6.07, 6.45) is 2.38. The van der Waals surface area contributed by atoms with E-state index in [1.54, 1.807) is 14.0 Å². The van der Waals surface area contributed by atoms with E-state index in [1.165, 1.54) is 24.4 Å². The van der Waals surface area contributed by atoms with Gasteiger partial charge < -0.3 is 15.4 Å². The van der Waals surface area contributed by atoms with E-state index < -0.39 is 9.84 Å². The highest BCUT2D eigenvalue weighted by molar-refractivity contribution is 7.91. The summed E-state index contributed by atoms with van der Waals surface area (Å²) in [5, 5.41) is 0.658. The Morgan fingerprint density at radius 1 is 1.52 bits per heavy atom. The van der Waals surface area contributed by atoms with E-state index in [2.05, 4.69) is 16.2 Å². The van der Waals surface area contributed by atoms with Gasteiger partial charge in [0.25, 0.3) is 0 Å². The first kappa shape index (κ1) is 16.5. The molecule has 0 aliphatic heterocycles. The molecule has 1 atom stereocenters. The van der Waals surface area contributed by atoms with Crippen LogP contribution in [0, 0.1) is 5.92 Å². The highest BCUT2D eigenvalue weighted by Gasteiger charge is 2.36. The minimum atomic E-state index is -3.38. The maximum atomic E-state index is 12.3. The lowest BCUT2D eigenvalue weighted by Gasteiger charge is -2.30. The fourth-order valence-corrected chi connectivity index (χ4v) is 4.83. The minimum absolute atomic E-state index is 0.0263. The molecule has 1 aliphatic rings. The number of nitrogen functional groups attached to an aromatic ring is 1. The average Bonchev–Trinajstić information content (AvgIpc) is 3.22. The molecular formula is C13H23N3O3S2. The number of nitrogens with zero attached hydrogens (tertiary/aromatic N) is 2. The summed E-state index contributed by atoms with van der Waals surface area (Å²) in [4.78, 5) is 2.29. The number of hydrogen-bond donors (Lipinski definition) is 1. The fraction of sp³-hybridized carbons (Fsp3) is 0.769. The molecule has 0 bridgehead atoms. The van der Waals surface area contributed by atoms with Crippen molar-refractivity contribution in [1.29, 1.82) is 0 Å². The molecule has 21 heavy (non-hydrogen) atoms. The minimum Gasteiger partial charge on any atom is -0.383 e. The van der Waals surface area contributed by atoms with Crippen LogP contribution in [0.1, 0.15) is 26.7 Å². The van der Waals surface area contributed by atoms with Crippen LogP contribution in [-0.4, -0.2) is 44.8 Å². The number of anilines is 2. The monoisotopic (exact) mass is 333 g/mol. The van der Waals surface area contributed by atoms with Crippen molar-refractivity contribution in [3.63, 3.8) is 0 Å². The Morgan fingerprint density at radius 2 is 2.19 bits per heavy atom. The van der Waals surface area contributed by atoms with Crippen LogP contribution in [0.5, 0.6) is 0 Å². The SMILES string of the molecule is CCS(=O)(=O)c1c(N)nsc1N(CCOC)C(C)C1CC1. The first-order valence-corrected chi connectivity index (χ1v) is 9.58. The first-order chi connectivity index (χ1) is 9.92. The summed E-state index contributed by atoms with van der Waals surface area (Å²) in [6.45, 7) is 4.94. The predicted octanol–water partition coefficient (Wildman–Crippen LogP) is 1.77. The van der Waals surface area contributed by atoms with Gasteiger partial charge in [0.15, 0.2) is 15.7 Å². The highest BCUT2D eigenvalue weighted by atomic mass is 32.2. The predicted molar refractivity (Wildman–Crippen MR) is 85.7 cm³/mol. The second-order valence-corrected chi connectivity index (χ2v) is 8.34. The van der Waals surface area contributed by atoms with Gasteiger partial charge in [0, 0.05) is 19.7 Å². The smallest absolute Gasteiger partial charge is 0.184 e. The van der Waals surface area contributed by atoms with E-state index in [0.29, 0.717) is 24.1 Å². The van der Waals surface area contributed by atoms with Gasteiger partial charge in [-0.2, -0.15) is 4.37 Å². The number of methoxy groups -OCH3 is 1. The molecule has 120 valence electrons. The second kappa shape index (κ2) is 6.50. The topological polar surface area (TPSA) is 85.5 Å². The highest BCUT2D eigenvalue weighted by Crippen LogP contribution is 2.41. The molecule has 1 saturated carbocycles. The molecule has 0 amide bonds. The standard InChI is InChI=1S/C13H23N3O3S2/c1-4-21(17,18)11-12(14)15-20-13(11)16(7-8-19-3)9(2)10-5-6-10/h9-10H,4-8H2,1-3H3,(H2,14,15). The maximum Gasteiger partial charge on any atom is 0.184 e. The van der Waals surface area contributed by atoms with Gasteiger partial charge in [-0.25, -0.2) is 8.42 Å². The van der Waals surface area contributed by atoms with Gasteiger partial charge in [-0.15, -0.1) is 0 Å². The number of ether oxygens (including phenoxy) is 1. The molecular weight excluding hydrogens is 310 g/mol. The summed E-state index contributed by atoms with van der Waals surface area (Å²) in [7, 11) is -1.74. The molecule has 2 N–H and O–H groups in total. The van der Waals surface area contributed by atoms with Crippen molar-refractivity contribution >= 4 is 32.2 Å². The van der Waals surface area contributed by atoms with Crippen LogP contribution in [-0.2, 0) is 14.6 Å². The lowest BCUT2D eigenvalue weighted by Crippen LogP contribution is -2.37. The molecule has 8 heteroatoms. The molecule has 1 heterocycles. The van der Waals surface area contributed by atoms with Crippen LogP contribution in [0.15, 0.2) is 4.90 Å². The Hall–Kier alpha value is -0.860. The van der Waals surface area contributed by atoms with Gasteiger partial charge in [-0.05, 0) is 37.2 Å². The third-order valence-corrected chi connectivity index (χ3v) is 6.75. The zero-order valence-corrected chi connectivity index (χ0v) is 14.3. The van der Waals surface area contributed by atoms with E-state index in [9.17, 15) is 8.42 Å². The van der Waals surface area contributed by atoms with Gasteiger partial charge in [0.05, 0.1) is 12.4 Å². The van der Waals surface area contributed by atoms with E-state index in [-0.39, 0.29) is 22.5 Å². The second-order valence-electron chi connectivity index (χ2n) is 5.37. The van der Waals surface area contributed by atoms with Crippen LogP contribution in [0.3, 0.4) is 0 Å². The molecule has 0 radical (unpaired) electrons. The Kier molecular flexibility index (Phi) is 5.11. The van der Waals surface area contributed by atoms with Crippen molar-refractivity contribution in [2.24, 2.45) is 5.92 Å². The lowest BCUT2D eigenvalue weighted by molar-refractivity contribution is 0.203. The zero-order valence-electron chi connectivity index (χ0n) is 12.7. The number of nitrogens with two attached hydrogens (primary N) is 1. The molecule has 0 aromatic carbocycles. The van der Waals surface area contributed by atoms with Crippen molar-refractivity contribution in [3.8, 4) is 0 Å². The van der Waals surface area contributed by atoms with Crippen LogP contribution in [0.4, 0.5) is 10.8 Å². The van der Waals surface area contributed by atoms with Crippen LogP contribution >= 0.6 is 11.5 Å². The van der Waals surface area contributed by atoms with Gasteiger partial charge in [-0.1, -0.05) is 6.92 Å². The molecule has 0 spiro atoms. The van der Waals surface area contributed by atoms with Crippen LogP contribution in [0.2, 0.25) is 0 Å². The summed E-state index contributed by atoms with van der Waals surface area (Å²) in [5.41, 5.74) is 5.82. The van der Waals surface area contributed by atoms with Crippen molar-refractivity contribution in [3.05, 3.63) is 0 Å². The number of aromatic nitrogens is 1. The number of hydrogen-bond acceptors (Lipinski definition) is 7. The Bertz CT molecular complexity index is 581. The summed E-state index contributed by atoms with van der Waals surface area (Å²) in [6, 6.07) is 0.269. The lowest BCUT2D eigenvalue weighted by atomic mass is 10.2. The quantitative estimate of drug-likeness (QED) is 0.780. The molecule has 0 saturated heterocycles. The Labute approximate surface area is 130 Å². The summed E-state index contributed by atoms with van der Waals surface area (Å²) >= 11 is 1.17. The van der Waals surface area contributed by atoms with Gasteiger partial charge in [-0.3, -0.25) is 0 Å². The molecule has 1 fully saturated rings. The van der Waals surface area contributed by atoms with Crippen LogP contribution in [0.25, 0.3) is 0 Å². The Balaban J connectivity index is 2.40. The molecule has 1 aromatic rings. The summed E-state index contributed by atoms with van der Waals surface area (Å²) < 4.78 is 33.9. The maximum absolute atomic E-state index is 12.3. The summed E-state index contributed by atoms with van der Waals surface area (Å²) in [5.74, 6) is 0.753. The van der Waals surface area contributed by atoms with Crippen molar-refractivity contribution < 1.29 is 13.2 Å². The fourth-order valence-electron chi connectivity index (χ4n) is 2.42. The van der Waals surface area contributed by atoms with E-state index in [1.807, 2.05) is 0 Å². The van der Waals surface area contributed by atoms with Crippen molar-refractivity contribution in [2.45, 2.75) is 37.6 Å². The van der Waals surface area contributed by atoms with Gasteiger partial charge >= 0.3 is 0 Å². The van der Waals surface area contributed by atoms with Crippen molar-refractivity contribution in [2.75, 3.05) is 36.6 Å². The molecule has 6 nitrogen and oxygen atoms in total. The van der Waals surface area contributed by atoms with E-state index >= 15 is 0 Å². The number of rotatable bonds is 8. The average molecular weight is 333 g/mol.